The number of halogens is 1. The van der Waals surface area contributed by atoms with Gasteiger partial charge in [-0.05, 0) is 31.4 Å². The summed E-state index contributed by atoms with van der Waals surface area (Å²) in [5.74, 6) is 0. The quantitative estimate of drug-likeness (QED) is 0.922. The van der Waals surface area contributed by atoms with E-state index in [1.165, 1.54) is 20.6 Å². The van der Waals surface area contributed by atoms with Crippen LogP contribution in [0.4, 0.5) is 5.13 Å². The fourth-order valence-corrected chi connectivity index (χ4v) is 3.02. The number of anilines is 1. The maximum absolute atomic E-state index is 4.57. The third-order valence-corrected chi connectivity index (χ3v) is 4.50. The fraction of sp³-hybridized carbons (Fsp3) is 0.308. The molecule has 4 heteroatoms. The van der Waals surface area contributed by atoms with Crippen LogP contribution in [0.25, 0.3) is 0 Å². The number of aryl methyl sites for hydroxylation is 3. The summed E-state index contributed by atoms with van der Waals surface area (Å²) < 4.78 is 1.18. The molecule has 0 aliphatic rings. The number of thiazole rings is 1. The Bertz CT molecular complexity index is 508. The van der Waals surface area contributed by atoms with Crippen molar-refractivity contribution < 1.29 is 0 Å². The molecule has 0 amide bonds. The Morgan fingerprint density at radius 1 is 1.29 bits per heavy atom. The molecule has 1 aromatic heterocycles. The van der Waals surface area contributed by atoms with Crippen molar-refractivity contribution in [2.24, 2.45) is 0 Å². The molecule has 2 rings (SSSR count). The van der Waals surface area contributed by atoms with Crippen molar-refractivity contribution in [2.75, 3.05) is 12.4 Å². The predicted molar refractivity (Wildman–Crippen MR) is 77.9 cm³/mol. The summed E-state index contributed by atoms with van der Waals surface area (Å²) in [7, 11) is 1.91. The zero-order chi connectivity index (χ0) is 12.3. The highest BCUT2D eigenvalue weighted by Crippen LogP contribution is 2.24. The van der Waals surface area contributed by atoms with Gasteiger partial charge in [0.15, 0.2) is 5.13 Å². The minimum atomic E-state index is 0.993. The number of rotatable bonds is 4. The zero-order valence-electron chi connectivity index (χ0n) is 9.96. The van der Waals surface area contributed by atoms with E-state index in [4.69, 9.17) is 0 Å². The Morgan fingerprint density at radius 2 is 2.06 bits per heavy atom. The first-order valence-corrected chi connectivity index (χ1v) is 7.19. The van der Waals surface area contributed by atoms with Crippen molar-refractivity contribution in [1.82, 2.24) is 4.98 Å². The molecular formula is C13H15BrN2S. The first-order valence-electron chi connectivity index (χ1n) is 5.58. The molecule has 1 heterocycles. The van der Waals surface area contributed by atoms with Crippen LogP contribution >= 0.6 is 27.3 Å². The van der Waals surface area contributed by atoms with E-state index in [1.807, 2.05) is 13.1 Å². The van der Waals surface area contributed by atoms with Crippen LogP contribution in [0, 0.1) is 6.92 Å². The second kappa shape index (κ2) is 5.65. The van der Waals surface area contributed by atoms with Crippen LogP contribution in [-0.2, 0) is 12.8 Å². The Kier molecular flexibility index (Phi) is 4.18. The van der Waals surface area contributed by atoms with Crippen LogP contribution < -0.4 is 5.32 Å². The number of benzene rings is 1. The molecule has 0 radical (unpaired) electrons. The molecule has 0 spiro atoms. The summed E-state index contributed by atoms with van der Waals surface area (Å²) in [6.07, 6.45) is 2.02. The van der Waals surface area contributed by atoms with E-state index >= 15 is 0 Å². The third kappa shape index (κ3) is 3.07. The summed E-state index contributed by atoms with van der Waals surface area (Å²) in [5.41, 5.74) is 2.54. The van der Waals surface area contributed by atoms with E-state index in [1.54, 1.807) is 11.3 Å². The Hall–Kier alpha value is -0.870. The van der Waals surface area contributed by atoms with Gasteiger partial charge in [0, 0.05) is 16.4 Å². The topological polar surface area (TPSA) is 24.9 Å². The lowest BCUT2D eigenvalue weighted by Crippen LogP contribution is -1.95. The molecule has 2 aromatic rings. The summed E-state index contributed by atoms with van der Waals surface area (Å²) in [6.45, 7) is 2.13. The van der Waals surface area contributed by atoms with Gasteiger partial charge in [-0.2, -0.15) is 0 Å². The monoisotopic (exact) mass is 310 g/mol. The predicted octanol–water partition coefficient (Wildman–Crippen LogP) is 4.04. The van der Waals surface area contributed by atoms with Crippen molar-refractivity contribution >= 4 is 32.4 Å². The van der Waals surface area contributed by atoms with Gasteiger partial charge < -0.3 is 5.32 Å². The van der Waals surface area contributed by atoms with Crippen LogP contribution in [0.15, 0.2) is 28.7 Å². The van der Waals surface area contributed by atoms with E-state index < -0.39 is 0 Å². The number of nitrogens with one attached hydrogen (secondary N) is 1. The third-order valence-electron chi connectivity index (χ3n) is 2.70. The van der Waals surface area contributed by atoms with Crippen LogP contribution in [0.3, 0.4) is 0 Å². The number of hydrogen-bond donors (Lipinski definition) is 1. The number of nitrogens with zero attached hydrogens (tertiary/aromatic N) is 1. The van der Waals surface area contributed by atoms with Gasteiger partial charge >= 0.3 is 0 Å². The van der Waals surface area contributed by atoms with Gasteiger partial charge in [0.2, 0.25) is 0 Å². The van der Waals surface area contributed by atoms with E-state index in [0.717, 1.165) is 18.0 Å². The lowest BCUT2D eigenvalue weighted by atomic mass is 10.1. The van der Waals surface area contributed by atoms with Crippen LogP contribution in [0.1, 0.15) is 16.1 Å². The van der Waals surface area contributed by atoms with Crippen molar-refractivity contribution in [3.63, 3.8) is 0 Å². The van der Waals surface area contributed by atoms with Gasteiger partial charge in [-0.15, -0.1) is 11.3 Å². The zero-order valence-corrected chi connectivity index (χ0v) is 12.4. The summed E-state index contributed by atoms with van der Waals surface area (Å²) >= 11 is 5.30. The first-order chi connectivity index (χ1) is 8.20. The van der Waals surface area contributed by atoms with Crippen molar-refractivity contribution in [3.8, 4) is 0 Å². The smallest absolute Gasteiger partial charge is 0.182 e. The molecule has 0 aliphatic carbocycles. The molecule has 90 valence electrons. The van der Waals surface area contributed by atoms with E-state index in [9.17, 15) is 0 Å². The molecular weight excluding hydrogens is 296 g/mol. The van der Waals surface area contributed by atoms with Gasteiger partial charge in [0.05, 0.1) is 5.69 Å². The standard InChI is InChI=1S/C13H15BrN2S/c1-9-12(16-13(15-2)17-9)8-7-10-5-3-4-6-11(10)14/h3-6H,7-8H2,1-2H3,(H,15,16). The van der Waals surface area contributed by atoms with Crippen LogP contribution in [0.5, 0.6) is 0 Å². The molecule has 0 saturated carbocycles. The molecule has 0 fully saturated rings. The van der Waals surface area contributed by atoms with E-state index in [-0.39, 0.29) is 0 Å². The number of aromatic nitrogens is 1. The SMILES string of the molecule is CNc1nc(CCc2ccccc2Br)c(C)s1. The molecule has 1 N–H and O–H groups in total. The average molecular weight is 311 g/mol. The van der Waals surface area contributed by atoms with Gasteiger partial charge in [-0.3, -0.25) is 0 Å². The summed E-state index contributed by atoms with van der Waals surface area (Å²) in [4.78, 5) is 5.87. The lowest BCUT2D eigenvalue weighted by molar-refractivity contribution is 0.913. The largest absolute Gasteiger partial charge is 0.365 e. The van der Waals surface area contributed by atoms with Gasteiger partial charge in [0.1, 0.15) is 0 Å². The molecule has 1 aromatic carbocycles. The Morgan fingerprint density at radius 3 is 2.71 bits per heavy atom. The molecule has 0 unspecified atom stereocenters. The minimum absolute atomic E-state index is 0.993. The average Bonchev–Trinajstić information content (AvgIpc) is 2.69. The van der Waals surface area contributed by atoms with Crippen molar-refractivity contribution in [2.45, 2.75) is 19.8 Å². The highest BCUT2D eigenvalue weighted by atomic mass is 79.9. The maximum Gasteiger partial charge on any atom is 0.182 e. The van der Waals surface area contributed by atoms with Gasteiger partial charge in [0.25, 0.3) is 0 Å². The minimum Gasteiger partial charge on any atom is -0.365 e. The fourth-order valence-electron chi connectivity index (χ4n) is 1.72. The second-order valence-corrected chi connectivity index (χ2v) is 5.92. The first kappa shape index (κ1) is 12.6. The molecule has 17 heavy (non-hydrogen) atoms. The highest BCUT2D eigenvalue weighted by Gasteiger charge is 2.07. The second-order valence-electron chi connectivity index (χ2n) is 3.86. The summed E-state index contributed by atoms with van der Waals surface area (Å²) in [5, 5.41) is 4.10. The summed E-state index contributed by atoms with van der Waals surface area (Å²) in [6, 6.07) is 8.36. The van der Waals surface area contributed by atoms with E-state index in [2.05, 4.69) is 51.4 Å². The van der Waals surface area contributed by atoms with Crippen LogP contribution in [-0.4, -0.2) is 12.0 Å². The maximum atomic E-state index is 4.57. The molecule has 0 atom stereocenters. The van der Waals surface area contributed by atoms with E-state index in [0.29, 0.717) is 0 Å². The van der Waals surface area contributed by atoms with Crippen molar-refractivity contribution in [1.29, 1.82) is 0 Å². The molecule has 0 bridgehead atoms. The normalized spacial score (nSPS) is 10.5. The molecule has 0 aliphatic heterocycles. The molecule has 0 saturated heterocycles. The van der Waals surface area contributed by atoms with Crippen LogP contribution in [0.2, 0.25) is 0 Å². The van der Waals surface area contributed by atoms with Gasteiger partial charge in [-0.25, -0.2) is 4.98 Å². The highest BCUT2D eigenvalue weighted by molar-refractivity contribution is 9.10. The Balaban J connectivity index is 2.07. The van der Waals surface area contributed by atoms with Crippen molar-refractivity contribution in [3.05, 3.63) is 44.9 Å². The molecule has 2 nitrogen and oxygen atoms in total. The number of hydrogen-bond acceptors (Lipinski definition) is 3. The lowest BCUT2D eigenvalue weighted by Gasteiger charge is -2.03. The van der Waals surface area contributed by atoms with Gasteiger partial charge in [-0.1, -0.05) is 34.1 Å². The Labute approximate surface area is 114 Å².